The van der Waals surface area contributed by atoms with Gasteiger partial charge in [-0.15, -0.1) is 35.3 Å². The fourth-order valence-electron chi connectivity index (χ4n) is 4.78. The first-order valence-electron chi connectivity index (χ1n) is 8.83. The average Bonchev–Trinajstić information content (AvgIpc) is 3.15. The number of nitrogens with zero attached hydrogens (tertiary/aromatic N) is 2. The molecule has 1 saturated heterocycles. The van der Waals surface area contributed by atoms with Gasteiger partial charge in [0.1, 0.15) is 0 Å². The molecule has 0 radical (unpaired) electrons. The number of hydrogen-bond donors (Lipinski definition) is 1. The molecule has 0 amide bonds. The van der Waals surface area contributed by atoms with Gasteiger partial charge in [0.25, 0.3) is 0 Å². The Morgan fingerprint density at radius 3 is 2.96 bits per heavy atom. The molecule has 3 atom stereocenters. The van der Waals surface area contributed by atoms with Crippen molar-refractivity contribution in [3.63, 3.8) is 0 Å². The van der Waals surface area contributed by atoms with E-state index in [4.69, 9.17) is 4.74 Å². The number of nitrogens with one attached hydrogen (secondary N) is 1. The largest absolute Gasteiger partial charge is 0.377 e. The van der Waals surface area contributed by atoms with Crippen LogP contribution in [-0.4, -0.2) is 50.3 Å². The molecule has 1 aliphatic heterocycles. The van der Waals surface area contributed by atoms with Gasteiger partial charge in [0.2, 0.25) is 0 Å². The molecular formula is C18H28IN3OS. The highest BCUT2D eigenvalue weighted by atomic mass is 127. The topological polar surface area (TPSA) is 36.9 Å². The molecule has 3 fully saturated rings. The molecule has 2 aliphatic carbocycles. The van der Waals surface area contributed by atoms with Gasteiger partial charge in [-0.2, -0.15) is 0 Å². The Kier molecular flexibility index (Phi) is 5.76. The number of halogens is 1. The maximum atomic E-state index is 6.02. The van der Waals surface area contributed by atoms with E-state index in [-0.39, 0.29) is 24.0 Å². The van der Waals surface area contributed by atoms with Crippen LogP contribution in [-0.2, 0) is 11.2 Å². The van der Waals surface area contributed by atoms with Crippen LogP contribution in [0.5, 0.6) is 0 Å². The molecule has 0 aromatic carbocycles. The van der Waals surface area contributed by atoms with Crippen LogP contribution in [0.15, 0.2) is 22.5 Å². The van der Waals surface area contributed by atoms with E-state index in [1.54, 1.807) is 0 Å². The lowest BCUT2D eigenvalue weighted by atomic mass is 9.46. The maximum Gasteiger partial charge on any atom is 0.193 e. The minimum atomic E-state index is 0. The summed E-state index contributed by atoms with van der Waals surface area (Å²) in [4.78, 5) is 8.26. The number of ether oxygens (including phenoxy) is 1. The Labute approximate surface area is 166 Å². The Bertz CT molecular complexity index is 573. The van der Waals surface area contributed by atoms with E-state index in [0.29, 0.717) is 23.5 Å². The molecule has 6 heteroatoms. The summed E-state index contributed by atoms with van der Waals surface area (Å²) < 4.78 is 6.02. The van der Waals surface area contributed by atoms with Gasteiger partial charge in [-0.25, -0.2) is 0 Å². The second-order valence-corrected chi connectivity index (χ2v) is 8.28. The lowest BCUT2D eigenvalue weighted by molar-refractivity contribution is -0.171. The van der Waals surface area contributed by atoms with Crippen molar-refractivity contribution in [2.45, 2.75) is 44.2 Å². The van der Waals surface area contributed by atoms with Crippen molar-refractivity contribution in [1.29, 1.82) is 0 Å². The van der Waals surface area contributed by atoms with Crippen LogP contribution < -0.4 is 5.32 Å². The van der Waals surface area contributed by atoms with Crippen molar-refractivity contribution < 1.29 is 4.74 Å². The third-order valence-corrected chi connectivity index (χ3v) is 7.10. The maximum absolute atomic E-state index is 6.02. The molecule has 4 nitrogen and oxygen atoms in total. The first-order valence-corrected chi connectivity index (χ1v) is 9.71. The molecule has 4 rings (SSSR count). The highest BCUT2D eigenvalue weighted by molar-refractivity contribution is 14.0. The van der Waals surface area contributed by atoms with Crippen LogP contribution in [0.1, 0.15) is 30.6 Å². The van der Waals surface area contributed by atoms with Crippen LogP contribution in [0.25, 0.3) is 0 Å². The first-order chi connectivity index (χ1) is 11.2. The summed E-state index contributed by atoms with van der Waals surface area (Å²) in [5.74, 6) is 1.74. The lowest BCUT2D eigenvalue weighted by Gasteiger charge is -2.63. The average molecular weight is 461 g/mol. The standard InChI is InChI=1S/C18H27N3OS.HI/c1-19-17(21(2)10-6-13-5-3-12-23-13)20-15-14-7-11-22-16(14)18(15)8-4-9-18;/h3,5,12,14-16H,4,6-11H2,1-2H3,(H,19,20);1H. The number of fused-ring (bicyclic) bond motifs is 2. The van der Waals surface area contributed by atoms with Gasteiger partial charge in [-0.1, -0.05) is 12.5 Å². The smallest absolute Gasteiger partial charge is 0.193 e. The minimum Gasteiger partial charge on any atom is -0.377 e. The Balaban J connectivity index is 0.00000169. The van der Waals surface area contributed by atoms with E-state index in [1.807, 2.05) is 18.4 Å². The van der Waals surface area contributed by atoms with Crippen LogP contribution >= 0.6 is 35.3 Å². The Hall–Kier alpha value is -0.340. The molecule has 1 aromatic heterocycles. The fraction of sp³-hybridized carbons (Fsp3) is 0.722. The normalized spacial score (nSPS) is 30.1. The van der Waals surface area contributed by atoms with E-state index in [9.17, 15) is 0 Å². The predicted molar refractivity (Wildman–Crippen MR) is 110 cm³/mol. The van der Waals surface area contributed by atoms with E-state index in [0.717, 1.165) is 25.5 Å². The number of guanidine groups is 1. The molecule has 1 aromatic rings. The summed E-state index contributed by atoms with van der Waals surface area (Å²) in [7, 11) is 4.05. The van der Waals surface area contributed by atoms with Crippen molar-refractivity contribution in [3.8, 4) is 0 Å². The summed E-state index contributed by atoms with van der Waals surface area (Å²) in [6.07, 6.45) is 6.81. The van der Waals surface area contributed by atoms with Crippen molar-refractivity contribution in [2.24, 2.45) is 16.3 Å². The minimum absolute atomic E-state index is 0. The summed E-state index contributed by atoms with van der Waals surface area (Å²) in [6, 6.07) is 4.90. The molecule has 1 N–H and O–H groups in total. The SMILES string of the molecule is CN=C(NC1C2CCOC2C12CCC2)N(C)CCc1cccs1.I. The summed E-state index contributed by atoms with van der Waals surface area (Å²) >= 11 is 1.84. The van der Waals surface area contributed by atoms with E-state index >= 15 is 0 Å². The van der Waals surface area contributed by atoms with Gasteiger partial charge in [0, 0.05) is 49.5 Å². The van der Waals surface area contributed by atoms with Gasteiger partial charge in [0.05, 0.1) is 6.10 Å². The van der Waals surface area contributed by atoms with Crippen LogP contribution in [0.4, 0.5) is 0 Å². The second kappa shape index (κ2) is 7.50. The molecule has 2 heterocycles. The number of thiophene rings is 1. The molecule has 3 unspecified atom stereocenters. The molecule has 0 bridgehead atoms. The monoisotopic (exact) mass is 461 g/mol. The van der Waals surface area contributed by atoms with E-state index < -0.39 is 0 Å². The molecule has 1 spiro atoms. The number of likely N-dealkylation sites (N-methyl/N-ethyl adjacent to an activating group) is 1. The zero-order valence-corrected chi connectivity index (χ0v) is 17.7. The zero-order valence-electron chi connectivity index (χ0n) is 14.5. The van der Waals surface area contributed by atoms with Crippen molar-refractivity contribution >= 4 is 41.3 Å². The van der Waals surface area contributed by atoms with Gasteiger partial charge < -0.3 is 15.0 Å². The molecule has 2 saturated carbocycles. The van der Waals surface area contributed by atoms with Gasteiger partial charge in [-0.05, 0) is 37.1 Å². The fourth-order valence-corrected chi connectivity index (χ4v) is 5.48. The van der Waals surface area contributed by atoms with Crippen molar-refractivity contribution in [3.05, 3.63) is 22.4 Å². The van der Waals surface area contributed by atoms with Gasteiger partial charge in [-0.3, -0.25) is 4.99 Å². The molecule has 134 valence electrons. The number of hydrogen-bond acceptors (Lipinski definition) is 3. The van der Waals surface area contributed by atoms with Crippen LogP contribution in [0, 0.1) is 11.3 Å². The van der Waals surface area contributed by atoms with E-state index in [2.05, 4.69) is 39.8 Å². The highest BCUT2D eigenvalue weighted by Gasteiger charge is 2.66. The predicted octanol–water partition coefficient (Wildman–Crippen LogP) is 3.37. The van der Waals surface area contributed by atoms with Crippen LogP contribution in [0.2, 0.25) is 0 Å². The number of aliphatic imine (C=N–C) groups is 1. The number of rotatable bonds is 4. The van der Waals surface area contributed by atoms with Crippen LogP contribution in [0.3, 0.4) is 0 Å². The van der Waals surface area contributed by atoms with E-state index in [1.165, 1.54) is 30.6 Å². The summed E-state index contributed by atoms with van der Waals surface area (Å²) in [5, 5.41) is 5.95. The Morgan fingerprint density at radius 1 is 1.50 bits per heavy atom. The summed E-state index contributed by atoms with van der Waals surface area (Å²) in [6.45, 7) is 1.95. The third kappa shape index (κ3) is 2.98. The highest BCUT2D eigenvalue weighted by Crippen LogP contribution is 2.62. The molecular weight excluding hydrogens is 433 g/mol. The quantitative estimate of drug-likeness (QED) is 0.425. The lowest BCUT2D eigenvalue weighted by Crippen LogP contribution is -2.72. The molecule has 24 heavy (non-hydrogen) atoms. The van der Waals surface area contributed by atoms with Gasteiger partial charge >= 0.3 is 0 Å². The Morgan fingerprint density at radius 2 is 2.33 bits per heavy atom. The first kappa shape index (κ1) is 18.5. The second-order valence-electron chi connectivity index (χ2n) is 7.25. The zero-order chi connectivity index (χ0) is 15.9. The molecule has 3 aliphatic rings. The van der Waals surface area contributed by atoms with Crippen molar-refractivity contribution in [1.82, 2.24) is 10.2 Å². The third-order valence-electron chi connectivity index (χ3n) is 6.17. The van der Waals surface area contributed by atoms with Gasteiger partial charge in [0.15, 0.2) is 5.96 Å². The van der Waals surface area contributed by atoms with Crippen molar-refractivity contribution in [2.75, 3.05) is 27.2 Å². The summed E-state index contributed by atoms with van der Waals surface area (Å²) in [5.41, 5.74) is 0.408.